The molecule has 0 amide bonds. The molecule has 4 rings (SSSR count). The monoisotopic (exact) mass is 374 g/mol. The fourth-order valence-corrected chi connectivity index (χ4v) is 3.93. The quantitative estimate of drug-likeness (QED) is 0.524. The molecule has 1 aliphatic rings. The van der Waals surface area contributed by atoms with Crippen molar-refractivity contribution in [3.63, 3.8) is 0 Å². The van der Waals surface area contributed by atoms with E-state index in [0.29, 0.717) is 12.6 Å². The molecule has 2 aromatic carbocycles. The van der Waals surface area contributed by atoms with E-state index in [1.54, 1.807) is 0 Å². The van der Waals surface area contributed by atoms with Gasteiger partial charge < -0.3 is 14.0 Å². The smallest absolute Gasteiger partial charge is 0.120 e. The molecule has 1 aliphatic carbocycles. The van der Waals surface area contributed by atoms with Crippen LogP contribution in [0.4, 0.5) is 0 Å². The average molecular weight is 374 g/mol. The predicted octanol–water partition coefficient (Wildman–Crippen LogP) is 6.09. The number of nitriles is 1. The molecule has 0 saturated heterocycles. The van der Waals surface area contributed by atoms with E-state index in [4.69, 9.17) is 9.47 Å². The van der Waals surface area contributed by atoms with Gasteiger partial charge in [0.15, 0.2) is 0 Å². The van der Waals surface area contributed by atoms with Gasteiger partial charge in [-0.15, -0.1) is 0 Å². The van der Waals surface area contributed by atoms with E-state index >= 15 is 0 Å². The number of ether oxygens (including phenoxy) is 2. The van der Waals surface area contributed by atoms with E-state index in [-0.39, 0.29) is 6.10 Å². The first-order valence-electron chi connectivity index (χ1n) is 10.1. The largest absolute Gasteiger partial charge is 0.494 e. The van der Waals surface area contributed by atoms with Gasteiger partial charge in [-0.3, -0.25) is 0 Å². The van der Waals surface area contributed by atoms with E-state index in [1.165, 1.54) is 6.42 Å². The Kier molecular flexibility index (Phi) is 5.00. The van der Waals surface area contributed by atoms with Crippen LogP contribution in [0, 0.1) is 11.3 Å². The zero-order valence-electron chi connectivity index (χ0n) is 16.7. The van der Waals surface area contributed by atoms with Gasteiger partial charge in [-0.1, -0.05) is 0 Å². The second-order valence-electron chi connectivity index (χ2n) is 7.59. The van der Waals surface area contributed by atoms with Crippen molar-refractivity contribution in [3.8, 4) is 28.8 Å². The van der Waals surface area contributed by atoms with Gasteiger partial charge >= 0.3 is 0 Å². The van der Waals surface area contributed by atoms with Crippen molar-refractivity contribution in [1.82, 2.24) is 4.57 Å². The summed E-state index contributed by atoms with van der Waals surface area (Å²) in [6.07, 6.45) is 3.69. The maximum atomic E-state index is 10.0. The number of hydrogen-bond donors (Lipinski definition) is 0. The lowest BCUT2D eigenvalue weighted by atomic mass is 9.92. The summed E-state index contributed by atoms with van der Waals surface area (Å²) >= 11 is 0. The predicted molar refractivity (Wildman–Crippen MR) is 112 cm³/mol. The summed E-state index contributed by atoms with van der Waals surface area (Å²) in [5.74, 6) is 1.66. The number of nitrogens with zero attached hydrogens (tertiary/aromatic N) is 2. The van der Waals surface area contributed by atoms with Crippen LogP contribution in [-0.4, -0.2) is 17.3 Å². The maximum Gasteiger partial charge on any atom is 0.120 e. The molecule has 4 heteroatoms. The minimum absolute atomic E-state index is 0.138. The van der Waals surface area contributed by atoms with E-state index in [2.05, 4.69) is 28.8 Å². The van der Waals surface area contributed by atoms with E-state index in [1.807, 2.05) is 45.0 Å². The molecule has 0 N–H and O–H groups in total. The van der Waals surface area contributed by atoms with E-state index in [9.17, 15) is 5.26 Å². The van der Waals surface area contributed by atoms with Gasteiger partial charge in [0.2, 0.25) is 0 Å². The van der Waals surface area contributed by atoms with Crippen molar-refractivity contribution in [3.05, 3.63) is 48.0 Å². The SMILES string of the molecule is CCOc1ccc2c(c1)c(C#N)c(-c1ccc(OC(C)C)cc1)n2C1CCC1. The van der Waals surface area contributed by atoms with Crippen molar-refractivity contribution >= 4 is 10.9 Å². The third-order valence-electron chi connectivity index (χ3n) is 5.34. The molecule has 0 unspecified atom stereocenters. The van der Waals surface area contributed by atoms with Crippen LogP contribution in [0.25, 0.3) is 22.2 Å². The summed E-state index contributed by atoms with van der Waals surface area (Å²) in [6, 6.07) is 17.1. The highest BCUT2D eigenvalue weighted by molar-refractivity contribution is 5.95. The first-order valence-corrected chi connectivity index (χ1v) is 10.1. The van der Waals surface area contributed by atoms with Gasteiger partial charge in [0.25, 0.3) is 0 Å². The van der Waals surface area contributed by atoms with Crippen molar-refractivity contribution < 1.29 is 9.47 Å². The Balaban J connectivity index is 1.89. The summed E-state index contributed by atoms with van der Waals surface area (Å²) < 4.78 is 13.8. The summed E-state index contributed by atoms with van der Waals surface area (Å²) in [6.45, 7) is 6.63. The highest BCUT2D eigenvalue weighted by Crippen LogP contribution is 2.43. The van der Waals surface area contributed by atoms with Gasteiger partial charge in [0.1, 0.15) is 17.6 Å². The number of benzene rings is 2. The lowest BCUT2D eigenvalue weighted by Gasteiger charge is -2.30. The van der Waals surface area contributed by atoms with Crippen LogP contribution < -0.4 is 9.47 Å². The molecule has 0 atom stereocenters. The number of rotatable bonds is 6. The second kappa shape index (κ2) is 7.59. The summed E-state index contributed by atoms with van der Waals surface area (Å²) in [7, 11) is 0. The van der Waals surface area contributed by atoms with E-state index < -0.39 is 0 Å². The molecule has 0 spiro atoms. The standard InChI is InChI=1S/C24H26N2O2/c1-4-27-20-12-13-23-21(14-20)22(15-25)24(26(23)18-6-5-7-18)17-8-10-19(11-9-17)28-16(2)3/h8-14,16,18H,4-7H2,1-3H3. The normalized spacial score (nSPS) is 14.1. The fourth-order valence-electron chi connectivity index (χ4n) is 3.93. The van der Waals surface area contributed by atoms with Gasteiger partial charge in [-0.25, -0.2) is 0 Å². The van der Waals surface area contributed by atoms with Crippen molar-refractivity contribution in [1.29, 1.82) is 5.26 Å². The lowest BCUT2D eigenvalue weighted by Crippen LogP contribution is -2.17. The molecular weight excluding hydrogens is 348 g/mol. The van der Waals surface area contributed by atoms with Gasteiger partial charge in [-0.05, 0) is 88.1 Å². The third kappa shape index (κ3) is 3.22. The molecule has 0 radical (unpaired) electrons. The van der Waals surface area contributed by atoms with Gasteiger partial charge in [0.05, 0.1) is 29.5 Å². The highest BCUT2D eigenvalue weighted by atomic mass is 16.5. The molecule has 1 aromatic heterocycles. The van der Waals surface area contributed by atoms with Crippen molar-refractivity contribution in [2.75, 3.05) is 6.61 Å². The van der Waals surface area contributed by atoms with Gasteiger partial charge in [0, 0.05) is 11.4 Å². The highest BCUT2D eigenvalue weighted by Gasteiger charge is 2.27. The van der Waals surface area contributed by atoms with Crippen LogP contribution in [0.15, 0.2) is 42.5 Å². The number of hydrogen-bond acceptors (Lipinski definition) is 3. The van der Waals surface area contributed by atoms with Crippen LogP contribution in [0.2, 0.25) is 0 Å². The van der Waals surface area contributed by atoms with Crippen LogP contribution >= 0.6 is 0 Å². The summed E-state index contributed by atoms with van der Waals surface area (Å²) in [5.41, 5.74) is 3.89. The molecule has 1 saturated carbocycles. The Bertz CT molecular complexity index is 1020. The summed E-state index contributed by atoms with van der Waals surface area (Å²) in [5, 5.41) is 11.0. The van der Waals surface area contributed by atoms with Crippen LogP contribution in [0.5, 0.6) is 11.5 Å². The Hall–Kier alpha value is -2.93. The van der Waals surface area contributed by atoms with Crippen LogP contribution in [0.3, 0.4) is 0 Å². The Morgan fingerprint density at radius 2 is 1.82 bits per heavy atom. The number of aromatic nitrogens is 1. The molecule has 0 bridgehead atoms. The van der Waals surface area contributed by atoms with Crippen molar-refractivity contribution in [2.45, 2.75) is 52.2 Å². The third-order valence-corrected chi connectivity index (χ3v) is 5.34. The zero-order valence-corrected chi connectivity index (χ0v) is 16.7. The van der Waals surface area contributed by atoms with Crippen molar-refractivity contribution in [2.24, 2.45) is 0 Å². The van der Waals surface area contributed by atoms with Crippen LogP contribution in [0.1, 0.15) is 51.6 Å². The number of fused-ring (bicyclic) bond motifs is 1. The van der Waals surface area contributed by atoms with E-state index in [0.717, 1.165) is 52.1 Å². The molecule has 1 heterocycles. The zero-order chi connectivity index (χ0) is 19.7. The Labute approximate surface area is 166 Å². The molecular formula is C24H26N2O2. The second-order valence-corrected chi connectivity index (χ2v) is 7.59. The molecule has 0 aliphatic heterocycles. The first-order chi connectivity index (χ1) is 13.6. The molecule has 144 valence electrons. The lowest BCUT2D eigenvalue weighted by molar-refractivity contribution is 0.242. The Morgan fingerprint density at radius 1 is 1.11 bits per heavy atom. The molecule has 28 heavy (non-hydrogen) atoms. The van der Waals surface area contributed by atoms with Gasteiger partial charge in [-0.2, -0.15) is 5.26 Å². The molecule has 4 nitrogen and oxygen atoms in total. The summed E-state index contributed by atoms with van der Waals surface area (Å²) in [4.78, 5) is 0. The first kappa shape index (κ1) is 18.4. The average Bonchev–Trinajstić information content (AvgIpc) is 2.94. The Morgan fingerprint density at radius 3 is 2.39 bits per heavy atom. The molecule has 3 aromatic rings. The minimum atomic E-state index is 0.138. The molecule has 1 fully saturated rings. The van der Waals surface area contributed by atoms with Crippen LogP contribution in [-0.2, 0) is 0 Å². The maximum absolute atomic E-state index is 10.0. The minimum Gasteiger partial charge on any atom is -0.494 e. The topological polar surface area (TPSA) is 47.2 Å². The fraction of sp³-hybridized carbons (Fsp3) is 0.375.